The third-order valence-electron chi connectivity index (χ3n) is 7.31. The van der Waals surface area contributed by atoms with Crippen molar-refractivity contribution in [2.24, 2.45) is 0 Å². The first-order valence-electron chi connectivity index (χ1n) is 13.3. The van der Waals surface area contributed by atoms with E-state index in [0.29, 0.717) is 36.8 Å². The van der Waals surface area contributed by atoms with Gasteiger partial charge in [0.05, 0.1) is 22.5 Å². The average molecular weight is 576 g/mol. The molecule has 218 valence electrons. The lowest BCUT2D eigenvalue weighted by Gasteiger charge is -2.35. The van der Waals surface area contributed by atoms with E-state index in [0.717, 1.165) is 38.3 Å². The molecule has 0 bridgehead atoms. The molecule has 2 aromatic carbocycles. The second-order valence-corrected chi connectivity index (χ2v) is 10.4. The molecular weight excluding hydrogens is 545 g/mol. The van der Waals surface area contributed by atoms with Gasteiger partial charge in [0.15, 0.2) is 0 Å². The molecule has 1 amide bonds. The van der Waals surface area contributed by atoms with Gasteiger partial charge in [0.1, 0.15) is 11.6 Å². The zero-order chi connectivity index (χ0) is 29.3. The Morgan fingerprint density at radius 3 is 2.37 bits per heavy atom. The van der Waals surface area contributed by atoms with E-state index in [4.69, 9.17) is 0 Å². The molecule has 13 heteroatoms. The number of nitrogens with one attached hydrogen (secondary N) is 2. The summed E-state index contributed by atoms with van der Waals surface area (Å²) in [5.41, 5.74) is -1.30. The molecule has 0 aliphatic carbocycles. The van der Waals surface area contributed by atoms with Crippen molar-refractivity contribution < 1.29 is 26.7 Å². The van der Waals surface area contributed by atoms with Crippen molar-refractivity contribution in [1.29, 1.82) is 0 Å². The Balaban J connectivity index is 1.51. The first kappa shape index (κ1) is 28.7. The Morgan fingerprint density at radius 1 is 1.00 bits per heavy atom. The lowest BCUT2D eigenvalue weighted by atomic mass is 10.0. The minimum atomic E-state index is -4.96. The highest BCUT2D eigenvalue weighted by Gasteiger charge is 2.36. The summed E-state index contributed by atoms with van der Waals surface area (Å²) < 4.78 is 70.1. The van der Waals surface area contributed by atoms with Gasteiger partial charge >= 0.3 is 6.18 Å². The van der Waals surface area contributed by atoms with Gasteiger partial charge in [-0.3, -0.25) is 4.79 Å². The summed E-state index contributed by atoms with van der Waals surface area (Å²) in [6.45, 7) is 6.73. The van der Waals surface area contributed by atoms with E-state index in [-0.39, 0.29) is 23.4 Å². The molecule has 2 saturated heterocycles. The van der Waals surface area contributed by atoms with Crippen LogP contribution in [0.4, 0.5) is 39.3 Å². The van der Waals surface area contributed by atoms with Crippen LogP contribution in [0.2, 0.25) is 0 Å². The van der Waals surface area contributed by atoms with Crippen LogP contribution in [0.25, 0.3) is 11.1 Å². The molecule has 8 nitrogen and oxygen atoms in total. The van der Waals surface area contributed by atoms with Gasteiger partial charge in [-0.05, 0) is 44.3 Å². The van der Waals surface area contributed by atoms with E-state index in [1.54, 1.807) is 0 Å². The van der Waals surface area contributed by atoms with E-state index in [2.05, 4.69) is 25.5 Å². The third kappa shape index (κ3) is 6.41. The van der Waals surface area contributed by atoms with Crippen LogP contribution in [0.3, 0.4) is 0 Å². The van der Waals surface area contributed by atoms with Gasteiger partial charge in [0.25, 0.3) is 5.91 Å². The number of nitrogens with zero attached hydrogens (tertiary/aromatic N) is 5. The van der Waals surface area contributed by atoms with E-state index >= 15 is 4.39 Å². The van der Waals surface area contributed by atoms with Crippen LogP contribution in [0.15, 0.2) is 42.7 Å². The average Bonchev–Trinajstić information content (AvgIpc) is 2.94. The summed E-state index contributed by atoms with van der Waals surface area (Å²) in [5, 5.41) is 5.81. The number of carbonyl (C=O) groups is 1. The van der Waals surface area contributed by atoms with Crippen LogP contribution in [0.5, 0.6) is 0 Å². The molecule has 1 aromatic heterocycles. The summed E-state index contributed by atoms with van der Waals surface area (Å²) in [5.74, 6) is -2.30. The molecule has 2 N–H and O–H groups in total. The van der Waals surface area contributed by atoms with E-state index < -0.39 is 34.8 Å². The molecule has 2 aliphatic heterocycles. The van der Waals surface area contributed by atoms with Crippen molar-refractivity contribution in [2.75, 3.05) is 68.0 Å². The number of amides is 1. The first-order valence-corrected chi connectivity index (χ1v) is 13.3. The maximum atomic E-state index is 15.6. The fourth-order valence-electron chi connectivity index (χ4n) is 5.07. The summed E-state index contributed by atoms with van der Waals surface area (Å²) in [6, 6.07) is 4.55. The molecule has 5 rings (SSSR count). The highest BCUT2D eigenvalue weighted by Crippen LogP contribution is 2.37. The fourth-order valence-corrected chi connectivity index (χ4v) is 5.07. The Kier molecular flexibility index (Phi) is 8.09. The van der Waals surface area contributed by atoms with Crippen molar-refractivity contribution >= 4 is 23.2 Å². The zero-order valence-electron chi connectivity index (χ0n) is 22.6. The number of piperazine rings is 2. The number of anilines is 3. The topological polar surface area (TPSA) is 76.6 Å². The highest BCUT2D eigenvalue weighted by atomic mass is 19.4. The normalized spacial score (nSPS) is 18.5. The Labute approximate surface area is 234 Å². The third-order valence-corrected chi connectivity index (χ3v) is 7.31. The molecule has 3 heterocycles. The number of hydrogen-bond donors (Lipinski definition) is 2. The standard InChI is InChI=1S/C28H30F5N7O/c1-17-16-40(6-5-34-17)25-13-23(30)21(18-14-35-27(36-15-18)39-9-7-38(2)8-10-39)12-24(25)37-26(41)20-4-3-19(29)11-22(20)28(31,32)33/h3-4,11-15,17,34H,5-10,16H2,1-2H3,(H,37,41)/t17-/m0/s1. The van der Waals surface area contributed by atoms with E-state index in [1.165, 1.54) is 24.5 Å². The van der Waals surface area contributed by atoms with Crippen molar-refractivity contribution in [3.63, 3.8) is 0 Å². The number of rotatable bonds is 5. The summed E-state index contributed by atoms with van der Waals surface area (Å²) in [6.07, 6.45) is -1.99. The molecule has 0 spiro atoms. The van der Waals surface area contributed by atoms with Crippen LogP contribution >= 0.6 is 0 Å². The molecule has 3 aromatic rings. The number of alkyl halides is 3. The molecule has 2 fully saturated rings. The number of aromatic nitrogens is 2. The largest absolute Gasteiger partial charge is 0.417 e. The van der Waals surface area contributed by atoms with E-state index in [1.807, 2.05) is 23.8 Å². The van der Waals surface area contributed by atoms with Crippen LogP contribution in [-0.4, -0.2) is 79.7 Å². The lowest BCUT2D eigenvalue weighted by Crippen LogP contribution is -2.49. The minimum Gasteiger partial charge on any atom is -0.367 e. The van der Waals surface area contributed by atoms with Gasteiger partial charge in [-0.25, -0.2) is 18.7 Å². The van der Waals surface area contributed by atoms with Gasteiger partial charge < -0.3 is 25.3 Å². The summed E-state index contributed by atoms with van der Waals surface area (Å²) in [4.78, 5) is 28.1. The number of benzene rings is 2. The second-order valence-electron chi connectivity index (χ2n) is 10.4. The maximum absolute atomic E-state index is 15.6. The van der Waals surface area contributed by atoms with Gasteiger partial charge in [0.2, 0.25) is 5.95 Å². The lowest BCUT2D eigenvalue weighted by molar-refractivity contribution is -0.138. The highest BCUT2D eigenvalue weighted by molar-refractivity contribution is 6.07. The van der Waals surface area contributed by atoms with Crippen LogP contribution in [-0.2, 0) is 6.18 Å². The quantitative estimate of drug-likeness (QED) is 0.441. The zero-order valence-corrected chi connectivity index (χ0v) is 22.6. The second kappa shape index (κ2) is 11.6. The molecular formula is C28H30F5N7O. The van der Waals surface area contributed by atoms with Crippen molar-refractivity contribution in [2.45, 2.75) is 19.1 Å². The van der Waals surface area contributed by atoms with Crippen LogP contribution in [0.1, 0.15) is 22.8 Å². The predicted octanol–water partition coefficient (Wildman–Crippen LogP) is 4.24. The Hall–Kier alpha value is -3.84. The van der Waals surface area contributed by atoms with Gasteiger partial charge in [-0.2, -0.15) is 13.2 Å². The molecule has 0 saturated carbocycles. The number of likely N-dealkylation sites (N-methyl/N-ethyl adjacent to an activating group) is 1. The summed E-state index contributed by atoms with van der Waals surface area (Å²) in [7, 11) is 2.03. The van der Waals surface area contributed by atoms with Gasteiger partial charge in [-0.15, -0.1) is 0 Å². The van der Waals surface area contributed by atoms with Crippen LogP contribution < -0.4 is 20.4 Å². The fraction of sp³-hybridized carbons (Fsp3) is 0.393. The Bertz CT molecular complexity index is 1410. The van der Waals surface area contributed by atoms with Gasteiger partial charge in [0, 0.05) is 75.4 Å². The van der Waals surface area contributed by atoms with E-state index in [9.17, 15) is 22.4 Å². The molecule has 41 heavy (non-hydrogen) atoms. The van der Waals surface area contributed by atoms with Gasteiger partial charge in [-0.1, -0.05) is 0 Å². The molecule has 0 radical (unpaired) electrons. The Morgan fingerprint density at radius 2 is 1.71 bits per heavy atom. The SMILES string of the molecule is C[C@H]1CN(c2cc(F)c(-c3cnc(N4CCN(C)CC4)nc3)cc2NC(=O)c2ccc(F)cc2C(F)(F)F)CCN1. The van der Waals surface area contributed by atoms with Crippen molar-refractivity contribution in [3.05, 3.63) is 65.5 Å². The molecule has 0 unspecified atom stereocenters. The minimum absolute atomic E-state index is 0.0551. The predicted molar refractivity (Wildman–Crippen MR) is 146 cm³/mol. The maximum Gasteiger partial charge on any atom is 0.417 e. The number of hydrogen-bond acceptors (Lipinski definition) is 7. The molecule has 2 aliphatic rings. The van der Waals surface area contributed by atoms with Crippen molar-refractivity contribution in [3.8, 4) is 11.1 Å². The summed E-state index contributed by atoms with van der Waals surface area (Å²) >= 11 is 0. The molecule has 1 atom stereocenters. The number of carbonyl (C=O) groups excluding carboxylic acids is 1. The smallest absolute Gasteiger partial charge is 0.367 e. The first-order chi connectivity index (χ1) is 19.5. The van der Waals surface area contributed by atoms with Crippen LogP contribution in [0, 0.1) is 11.6 Å². The monoisotopic (exact) mass is 575 g/mol. The van der Waals surface area contributed by atoms with Crippen molar-refractivity contribution in [1.82, 2.24) is 20.2 Å². The number of halogens is 5.